The van der Waals surface area contributed by atoms with Gasteiger partial charge < -0.3 is 24.8 Å². The van der Waals surface area contributed by atoms with Crippen LogP contribution in [0, 0.1) is 0 Å². The van der Waals surface area contributed by atoms with Crippen molar-refractivity contribution in [1.29, 1.82) is 0 Å². The molecule has 2 aliphatic carbocycles. The Balaban J connectivity index is 0.00000281. The SMILES string of the molecule is CC(C)(C)c1ccc2c(c1)Cc1c-2ccc(C(C)(C)C)[c]1[Zr+2](=[C](c1ccc(C(F)(F)F)cc1)c1ccc(C(F)(F)F)cc1)[CH]1C=CC=C1.[Cl-].[Cl-]. The van der Waals surface area contributed by atoms with Crippen LogP contribution >= 0.6 is 0 Å². The number of alkyl halides is 6. The molecule has 4 aromatic rings. The van der Waals surface area contributed by atoms with E-state index in [1.54, 1.807) is 0 Å². The van der Waals surface area contributed by atoms with E-state index in [0.717, 1.165) is 39.5 Å². The summed E-state index contributed by atoms with van der Waals surface area (Å²) in [5, 5.41) is 0. The molecule has 50 heavy (non-hydrogen) atoms. The molecule has 0 spiro atoms. The Labute approximate surface area is 310 Å². The van der Waals surface area contributed by atoms with Gasteiger partial charge in [-0.2, -0.15) is 0 Å². The minimum Gasteiger partial charge on any atom is -1.00 e. The number of benzene rings is 4. The van der Waals surface area contributed by atoms with E-state index in [2.05, 4.69) is 84.0 Å². The first-order valence-electron chi connectivity index (χ1n) is 16.1. The van der Waals surface area contributed by atoms with Crippen molar-refractivity contribution in [1.82, 2.24) is 0 Å². The predicted molar refractivity (Wildman–Crippen MR) is 180 cm³/mol. The van der Waals surface area contributed by atoms with E-state index in [0.29, 0.717) is 11.1 Å². The van der Waals surface area contributed by atoms with Crippen molar-refractivity contribution in [3.63, 3.8) is 0 Å². The average molecular weight is 807 g/mol. The second kappa shape index (κ2) is 14.4. The number of rotatable bonds is 4. The van der Waals surface area contributed by atoms with Crippen LogP contribution in [-0.2, 0) is 50.9 Å². The summed E-state index contributed by atoms with van der Waals surface area (Å²) in [6.45, 7) is 13.1. The quantitative estimate of drug-likeness (QED) is 0.216. The van der Waals surface area contributed by atoms with Gasteiger partial charge in [0.2, 0.25) is 0 Å². The molecule has 0 fully saturated rings. The summed E-state index contributed by atoms with van der Waals surface area (Å²) in [5.74, 6) is 0. The molecule has 262 valence electrons. The molecule has 0 aliphatic heterocycles. The molecule has 9 heteroatoms. The molecular formula is C41H38Cl2F6Zr. The second-order valence-corrected chi connectivity index (χ2v) is 20.9. The van der Waals surface area contributed by atoms with Crippen LogP contribution in [-0.4, -0.2) is 3.21 Å². The Kier molecular flexibility index (Phi) is 11.5. The monoisotopic (exact) mass is 804 g/mol. The van der Waals surface area contributed by atoms with Crippen molar-refractivity contribution in [3.8, 4) is 11.1 Å². The second-order valence-electron chi connectivity index (χ2n) is 14.8. The van der Waals surface area contributed by atoms with Gasteiger partial charge in [-0.05, 0) is 0 Å². The van der Waals surface area contributed by atoms with E-state index in [-0.39, 0.29) is 39.3 Å². The summed E-state index contributed by atoms with van der Waals surface area (Å²) in [7, 11) is 0. The molecule has 0 saturated heterocycles. The van der Waals surface area contributed by atoms with Crippen LogP contribution in [0.1, 0.15) is 86.1 Å². The first-order chi connectivity index (χ1) is 22.3. The third-order valence-corrected chi connectivity index (χ3v) is 17.4. The maximum Gasteiger partial charge on any atom is -1.00 e. The minimum atomic E-state index is -4.51. The van der Waals surface area contributed by atoms with Crippen molar-refractivity contribution >= 4 is 6.48 Å². The Hall–Kier alpha value is -2.73. The van der Waals surface area contributed by atoms with Gasteiger partial charge in [0.05, 0.1) is 0 Å². The van der Waals surface area contributed by atoms with Gasteiger partial charge in [-0.15, -0.1) is 0 Å². The molecule has 0 aromatic heterocycles. The molecule has 0 unspecified atom stereocenters. The van der Waals surface area contributed by atoms with Crippen LogP contribution in [0.5, 0.6) is 0 Å². The zero-order chi connectivity index (χ0) is 34.8. The molecule has 2 aliphatic rings. The molecule has 0 bridgehead atoms. The maximum atomic E-state index is 13.7. The normalized spacial score (nSPS) is 14.0. The summed E-state index contributed by atoms with van der Waals surface area (Å²) >= 11 is -3.38. The third kappa shape index (κ3) is 7.86. The first-order valence-corrected chi connectivity index (χ1v) is 20.0. The standard InChI is InChI=1S/C21H25.C15H8F6.C5H5.2ClH.Zr/c1-20(2,3)16-7-9-18-14(12-16)11-15-13-17(21(4,5)6)8-10-19(15)18;16-14(17,18)12-5-1-10(2-6-12)9-11-3-7-13(8-4-11)15(19,20)21;1-2-4-5-3-1;;;/h7-10,12H,11H2,1-6H3;1-8H;1-5H;2*1H;/q;;;;;+2/p-2. The van der Waals surface area contributed by atoms with Crippen molar-refractivity contribution < 1.29 is 72.4 Å². The van der Waals surface area contributed by atoms with Gasteiger partial charge in [0.15, 0.2) is 0 Å². The average Bonchev–Trinajstić information content (AvgIpc) is 3.66. The van der Waals surface area contributed by atoms with Crippen molar-refractivity contribution in [2.24, 2.45) is 0 Å². The van der Waals surface area contributed by atoms with E-state index in [1.807, 2.05) is 12.2 Å². The van der Waals surface area contributed by atoms with Crippen molar-refractivity contribution in [3.05, 3.63) is 148 Å². The number of halogens is 8. The molecule has 0 atom stereocenters. The Morgan fingerprint density at radius 3 is 1.48 bits per heavy atom. The van der Waals surface area contributed by atoms with Gasteiger partial charge in [-0.25, -0.2) is 0 Å². The van der Waals surface area contributed by atoms with Crippen molar-refractivity contribution in [2.75, 3.05) is 0 Å². The third-order valence-electron chi connectivity index (χ3n) is 9.37. The number of hydrogen-bond donors (Lipinski definition) is 0. The van der Waals surface area contributed by atoms with E-state index >= 15 is 0 Å². The molecule has 0 radical (unpaired) electrons. The summed E-state index contributed by atoms with van der Waals surface area (Å²) in [4.78, 5) is 0. The Morgan fingerprint density at radius 1 is 0.580 bits per heavy atom. The van der Waals surface area contributed by atoms with Gasteiger partial charge in [-0.3, -0.25) is 0 Å². The molecular weight excluding hydrogens is 769 g/mol. The zero-order valence-electron chi connectivity index (χ0n) is 28.6. The fourth-order valence-electron chi connectivity index (χ4n) is 6.89. The summed E-state index contributed by atoms with van der Waals surface area (Å²) in [5.41, 5.74) is 6.69. The van der Waals surface area contributed by atoms with Crippen LogP contribution in [0.2, 0.25) is 3.63 Å². The molecule has 4 aromatic carbocycles. The first kappa shape index (κ1) is 40.0. The number of allylic oxidation sites excluding steroid dienone is 4. The molecule has 0 nitrogen and oxygen atoms in total. The largest absolute Gasteiger partial charge is 1.00 e. The molecule has 0 saturated carbocycles. The fraction of sp³-hybridized carbons (Fsp3) is 0.293. The van der Waals surface area contributed by atoms with E-state index < -0.39 is 44.7 Å². The zero-order valence-corrected chi connectivity index (χ0v) is 32.6. The van der Waals surface area contributed by atoms with Crippen LogP contribution in [0.3, 0.4) is 0 Å². The topological polar surface area (TPSA) is 0 Å². The maximum absolute atomic E-state index is 13.7. The molecule has 6 rings (SSSR count). The predicted octanol–water partition coefficient (Wildman–Crippen LogP) is 5.33. The Morgan fingerprint density at radius 2 is 1.04 bits per heavy atom. The van der Waals surface area contributed by atoms with Crippen molar-refractivity contribution in [2.45, 2.75) is 74.8 Å². The number of fused-ring (bicyclic) bond motifs is 3. The summed E-state index contributed by atoms with van der Waals surface area (Å²) in [6, 6.07) is 21.5. The van der Waals surface area contributed by atoms with Gasteiger partial charge in [0, 0.05) is 0 Å². The molecule has 0 heterocycles. The van der Waals surface area contributed by atoms with E-state index in [1.165, 1.54) is 55.4 Å². The molecule has 0 amide bonds. The smallest absolute Gasteiger partial charge is 1.00 e. The van der Waals surface area contributed by atoms with Crippen LogP contribution < -0.4 is 28.1 Å². The fourth-order valence-corrected chi connectivity index (χ4v) is 16.2. The summed E-state index contributed by atoms with van der Waals surface area (Å²) in [6.07, 6.45) is 0.0413. The minimum absolute atomic E-state index is 0. The van der Waals surface area contributed by atoms with E-state index in [9.17, 15) is 26.3 Å². The van der Waals surface area contributed by atoms with Crippen LogP contribution in [0.25, 0.3) is 11.1 Å². The van der Waals surface area contributed by atoms with Gasteiger partial charge in [0.25, 0.3) is 0 Å². The van der Waals surface area contributed by atoms with Gasteiger partial charge in [0.1, 0.15) is 0 Å². The van der Waals surface area contributed by atoms with Gasteiger partial charge in [-0.1, -0.05) is 0 Å². The van der Waals surface area contributed by atoms with Crippen LogP contribution in [0.4, 0.5) is 26.3 Å². The molecule has 0 N–H and O–H groups in total. The van der Waals surface area contributed by atoms with Crippen LogP contribution in [0.15, 0.2) is 103 Å². The van der Waals surface area contributed by atoms with Gasteiger partial charge >= 0.3 is 288 Å². The Bertz CT molecular complexity index is 1900. The summed E-state index contributed by atoms with van der Waals surface area (Å²) < 4.78 is 84.5. The van der Waals surface area contributed by atoms with E-state index in [4.69, 9.17) is 0 Å². The number of hydrogen-bond acceptors (Lipinski definition) is 0.